The highest BCUT2D eigenvalue weighted by molar-refractivity contribution is 8.02. The van der Waals surface area contributed by atoms with Crippen LogP contribution in [0.15, 0.2) is 8.68 Å². The van der Waals surface area contributed by atoms with Crippen LogP contribution in [0.5, 0.6) is 0 Å². The third-order valence-corrected chi connectivity index (χ3v) is 4.22. The standard InChI is InChI=1S/C7H12N2OS3/c1-3-10-4-5-12-7-9-8-6(11-2)13-7/h3-5H2,1-2H3. The van der Waals surface area contributed by atoms with Crippen LogP contribution in [0.25, 0.3) is 0 Å². The van der Waals surface area contributed by atoms with E-state index in [2.05, 4.69) is 10.2 Å². The minimum absolute atomic E-state index is 0.784. The zero-order valence-corrected chi connectivity index (χ0v) is 10.1. The lowest BCUT2D eigenvalue weighted by Crippen LogP contribution is -1.95. The monoisotopic (exact) mass is 236 g/mol. The first kappa shape index (κ1) is 11.3. The molecule has 6 heteroatoms. The quantitative estimate of drug-likeness (QED) is 0.560. The molecule has 0 N–H and O–H groups in total. The second kappa shape index (κ2) is 6.64. The van der Waals surface area contributed by atoms with Gasteiger partial charge < -0.3 is 4.74 Å². The Morgan fingerprint density at radius 3 is 2.77 bits per heavy atom. The van der Waals surface area contributed by atoms with Gasteiger partial charge in [0.25, 0.3) is 0 Å². The minimum atomic E-state index is 0.784. The third kappa shape index (κ3) is 4.30. The molecule has 0 aliphatic heterocycles. The predicted molar refractivity (Wildman–Crippen MR) is 58.9 cm³/mol. The molecule has 3 nitrogen and oxygen atoms in total. The smallest absolute Gasteiger partial charge is 0.175 e. The summed E-state index contributed by atoms with van der Waals surface area (Å²) in [5.74, 6) is 0.955. The van der Waals surface area contributed by atoms with Crippen LogP contribution >= 0.6 is 34.9 Å². The average Bonchev–Trinajstić information content (AvgIpc) is 2.60. The lowest BCUT2D eigenvalue weighted by molar-refractivity contribution is 0.164. The molecule has 1 rings (SSSR count). The maximum absolute atomic E-state index is 5.22. The Labute approximate surface area is 90.7 Å². The molecule has 0 fully saturated rings. The van der Waals surface area contributed by atoms with Crippen molar-refractivity contribution in [3.05, 3.63) is 0 Å². The van der Waals surface area contributed by atoms with Gasteiger partial charge in [0, 0.05) is 12.4 Å². The molecular formula is C7H12N2OS3. The second-order valence-corrected chi connectivity index (χ2v) is 5.46. The van der Waals surface area contributed by atoms with Gasteiger partial charge in [0.2, 0.25) is 0 Å². The van der Waals surface area contributed by atoms with Crippen molar-refractivity contribution in [2.24, 2.45) is 0 Å². The first-order valence-electron chi connectivity index (χ1n) is 3.95. The van der Waals surface area contributed by atoms with Crippen LogP contribution in [-0.4, -0.2) is 35.4 Å². The van der Waals surface area contributed by atoms with Gasteiger partial charge >= 0.3 is 0 Å². The van der Waals surface area contributed by atoms with Gasteiger partial charge in [0.05, 0.1) is 6.61 Å². The number of aromatic nitrogens is 2. The van der Waals surface area contributed by atoms with Gasteiger partial charge in [0.1, 0.15) is 0 Å². The number of rotatable bonds is 6. The number of nitrogens with zero attached hydrogens (tertiary/aromatic N) is 2. The highest BCUT2D eigenvalue weighted by Gasteiger charge is 2.02. The Balaban J connectivity index is 2.20. The van der Waals surface area contributed by atoms with Crippen LogP contribution in [0.1, 0.15) is 6.92 Å². The maximum atomic E-state index is 5.22. The molecule has 0 aromatic carbocycles. The largest absolute Gasteiger partial charge is 0.381 e. The Kier molecular flexibility index (Phi) is 5.77. The Bertz CT molecular complexity index is 241. The average molecular weight is 236 g/mol. The Hall–Kier alpha value is 0.220. The van der Waals surface area contributed by atoms with Crippen molar-refractivity contribution in [2.75, 3.05) is 25.2 Å². The van der Waals surface area contributed by atoms with Crippen LogP contribution in [0.2, 0.25) is 0 Å². The van der Waals surface area contributed by atoms with E-state index < -0.39 is 0 Å². The number of ether oxygens (including phenoxy) is 1. The summed E-state index contributed by atoms with van der Waals surface area (Å²) in [6.45, 7) is 3.57. The molecule has 0 bridgehead atoms. The van der Waals surface area contributed by atoms with Gasteiger partial charge in [-0.05, 0) is 13.2 Å². The molecule has 0 atom stereocenters. The molecule has 0 saturated carbocycles. The molecular weight excluding hydrogens is 224 g/mol. The topological polar surface area (TPSA) is 35.0 Å². The summed E-state index contributed by atoms with van der Waals surface area (Å²) in [6, 6.07) is 0. The van der Waals surface area contributed by atoms with Crippen LogP contribution in [0, 0.1) is 0 Å². The van der Waals surface area contributed by atoms with Crippen molar-refractivity contribution in [2.45, 2.75) is 15.6 Å². The van der Waals surface area contributed by atoms with Gasteiger partial charge in [-0.15, -0.1) is 10.2 Å². The van der Waals surface area contributed by atoms with Crippen molar-refractivity contribution in [1.82, 2.24) is 10.2 Å². The highest BCUT2D eigenvalue weighted by Crippen LogP contribution is 2.26. The summed E-state index contributed by atoms with van der Waals surface area (Å²) >= 11 is 4.98. The molecule has 1 heterocycles. The molecule has 13 heavy (non-hydrogen) atoms. The summed E-state index contributed by atoms with van der Waals surface area (Å²) < 4.78 is 7.28. The van der Waals surface area contributed by atoms with E-state index in [0.717, 1.165) is 27.6 Å². The van der Waals surface area contributed by atoms with Crippen LogP contribution in [-0.2, 0) is 4.74 Å². The molecule has 0 saturated heterocycles. The number of hydrogen-bond acceptors (Lipinski definition) is 6. The van der Waals surface area contributed by atoms with E-state index in [4.69, 9.17) is 4.74 Å². The fourth-order valence-electron chi connectivity index (χ4n) is 0.670. The van der Waals surface area contributed by atoms with Crippen LogP contribution < -0.4 is 0 Å². The molecule has 74 valence electrons. The lowest BCUT2D eigenvalue weighted by Gasteiger charge is -1.96. The zero-order valence-electron chi connectivity index (χ0n) is 7.65. The zero-order chi connectivity index (χ0) is 9.52. The predicted octanol–water partition coefficient (Wildman–Crippen LogP) is 2.39. The summed E-state index contributed by atoms with van der Waals surface area (Å²) in [5.41, 5.74) is 0. The first-order valence-corrected chi connectivity index (χ1v) is 6.97. The van der Waals surface area contributed by atoms with Gasteiger partial charge in [-0.3, -0.25) is 0 Å². The van der Waals surface area contributed by atoms with Gasteiger partial charge in [0.15, 0.2) is 8.68 Å². The molecule has 0 aliphatic carbocycles. The highest BCUT2D eigenvalue weighted by atomic mass is 32.2. The maximum Gasteiger partial charge on any atom is 0.175 e. The van der Waals surface area contributed by atoms with Crippen molar-refractivity contribution >= 4 is 34.9 Å². The van der Waals surface area contributed by atoms with Crippen LogP contribution in [0.3, 0.4) is 0 Å². The van der Waals surface area contributed by atoms with E-state index >= 15 is 0 Å². The summed E-state index contributed by atoms with van der Waals surface area (Å²) in [7, 11) is 0. The van der Waals surface area contributed by atoms with E-state index in [1.165, 1.54) is 0 Å². The van der Waals surface area contributed by atoms with Gasteiger partial charge in [-0.1, -0.05) is 34.9 Å². The molecule has 0 aliphatic rings. The van der Waals surface area contributed by atoms with E-state index in [0.29, 0.717) is 0 Å². The van der Waals surface area contributed by atoms with E-state index in [1.807, 2.05) is 13.2 Å². The Morgan fingerprint density at radius 1 is 1.38 bits per heavy atom. The molecule has 0 spiro atoms. The first-order chi connectivity index (χ1) is 6.36. The summed E-state index contributed by atoms with van der Waals surface area (Å²) in [4.78, 5) is 0. The SMILES string of the molecule is CCOCCSc1nnc(SC)s1. The fourth-order valence-corrected chi connectivity index (χ4v) is 3.03. The second-order valence-electron chi connectivity index (χ2n) is 2.08. The molecule has 1 aromatic rings. The van der Waals surface area contributed by atoms with E-state index in [1.54, 1.807) is 34.9 Å². The number of thioether (sulfide) groups is 2. The van der Waals surface area contributed by atoms with Crippen molar-refractivity contribution < 1.29 is 4.74 Å². The molecule has 0 unspecified atom stereocenters. The normalized spacial score (nSPS) is 10.6. The van der Waals surface area contributed by atoms with Crippen LogP contribution in [0.4, 0.5) is 0 Å². The fraction of sp³-hybridized carbons (Fsp3) is 0.714. The van der Waals surface area contributed by atoms with E-state index in [-0.39, 0.29) is 0 Å². The summed E-state index contributed by atoms with van der Waals surface area (Å²) in [6.07, 6.45) is 2.01. The number of hydrogen-bond donors (Lipinski definition) is 0. The lowest BCUT2D eigenvalue weighted by atomic mass is 10.8. The summed E-state index contributed by atoms with van der Waals surface area (Å²) in [5, 5.41) is 8.04. The van der Waals surface area contributed by atoms with Crippen molar-refractivity contribution in [3.8, 4) is 0 Å². The van der Waals surface area contributed by atoms with Gasteiger partial charge in [-0.25, -0.2) is 0 Å². The van der Waals surface area contributed by atoms with Crippen molar-refractivity contribution in [1.29, 1.82) is 0 Å². The molecule has 0 amide bonds. The molecule has 1 aromatic heterocycles. The minimum Gasteiger partial charge on any atom is -0.381 e. The van der Waals surface area contributed by atoms with Crippen molar-refractivity contribution in [3.63, 3.8) is 0 Å². The van der Waals surface area contributed by atoms with Gasteiger partial charge in [-0.2, -0.15) is 0 Å². The Morgan fingerprint density at radius 2 is 2.15 bits per heavy atom. The third-order valence-electron chi connectivity index (χ3n) is 1.22. The van der Waals surface area contributed by atoms with E-state index in [9.17, 15) is 0 Å². The molecule has 0 radical (unpaired) electrons.